The van der Waals surface area contributed by atoms with Gasteiger partial charge in [-0.15, -0.1) is 0 Å². The summed E-state index contributed by atoms with van der Waals surface area (Å²) < 4.78 is 28.4. The van der Waals surface area contributed by atoms with Gasteiger partial charge < -0.3 is 10.2 Å². The van der Waals surface area contributed by atoms with E-state index in [1.54, 1.807) is 29.2 Å². The molecule has 9 heteroatoms. The van der Waals surface area contributed by atoms with E-state index in [4.69, 9.17) is 11.6 Å². The second kappa shape index (κ2) is 9.83. The van der Waals surface area contributed by atoms with Gasteiger partial charge in [0.05, 0.1) is 22.0 Å². The van der Waals surface area contributed by atoms with Crippen molar-refractivity contribution in [2.24, 2.45) is 0 Å². The van der Waals surface area contributed by atoms with Crippen molar-refractivity contribution in [1.82, 2.24) is 14.5 Å². The van der Waals surface area contributed by atoms with Gasteiger partial charge in [-0.2, -0.15) is 4.31 Å². The van der Waals surface area contributed by atoms with Crippen molar-refractivity contribution >= 4 is 33.4 Å². The Balaban J connectivity index is 1.66. The van der Waals surface area contributed by atoms with Gasteiger partial charge >= 0.3 is 0 Å². The summed E-state index contributed by atoms with van der Waals surface area (Å²) >= 11 is 6.02. The number of amides is 2. The number of benzene rings is 2. The summed E-state index contributed by atoms with van der Waals surface area (Å²) in [5, 5.41) is 2.90. The fraction of sp³-hybridized carbons (Fsp3) is 0.417. The van der Waals surface area contributed by atoms with Crippen molar-refractivity contribution in [2.45, 2.75) is 39.5 Å². The van der Waals surface area contributed by atoms with Crippen LogP contribution in [0.3, 0.4) is 0 Å². The van der Waals surface area contributed by atoms with Crippen LogP contribution in [0.2, 0.25) is 5.02 Å². The van der Waals surface area contributed by atoms with Crippen LogP contribution in [0, 0.1) is 34.6 Å². The highest BCUT2D eigenvalue weighted by Crippen LogP contribution is 2.32. The Morgan fingerprint density at radius 1 is 0.879 bits per heavy atom. The molecule has 178 valence electrons. The molecule has 3 rings (SSSR count). The first kappa shape index (κ1) is 25.2. The fourth-order valence-electron chi connectivity index (χ4n) is 4.17. The highest BCUT2D eigenvalue weighted by atomic mass is 35.5. The average molecular weight is 492 g/mol. The van der Waals surface area contributed by atoms with Crippen LogP contribution in [-0.4, -0.2) is 62.2 Å². The molecule has 0 radical (unpaired) electrons. The van der Waals surface area contributed by atoms with Gasteiger partial charge in [-0.1, -0.05) is 23.7 Å². The summed E-state index contributed by atoms with van der Waals surface area (Å²) in [5.41, 5.74) is 4.93. The van der Waals surface area contributed by atoms with Gasteiger partial charge in [-0.25, -0.2) is 8.42 Å². The van der Waals surface area contributed by atoms with Crippen molar-refractivity contribution in [3.05, 3.63) is 62.7 Å². The lowest BCUT2D eigenvalue weighted by Crippen LogP contribution is -2.52. The number of halogens is 1. The number of hydrogen-bond donors (Lipinski definition) is 1. The molecule has 0 unspecified atom stereocenters. The number of sulfonamides is 1. The Morgan fingerprint density at radius 2 is 1.39 bits per heavy atom. The fourth-order valence-corrected chi connectivity index (χ4v) is 6.37. The average Bonchev–Trinajstić information content (AvgIpc) is 2.80. The van der Waals surface area contributed by atoms with Gasteiger partial charge in [0.25, 0.3) is 5.91 Å². The van der Waals surface area contributed by atoms with E-state index in [1.807, 2.05) is 34.6 Å². The summed E-state index contributed by atoms with van der Waals surface area (Å²) in [5.74, 6) is -0.687. The first-order valence-corrected chi connectivity index (χ1v) is 12.7. The predicted octanol–water partition coefficient (Wildman–Crippen LogP) is 3.15. The molecule has 1 aliphatic rings. The van der Waals surface area contributed by atoms with Gasteiger partial charge in [0.2, 0.25) is 15.9 Å². The van der Waals surface area contributed by atoms with Crippen molar-refractivity contribution in [2.75, 3.05) is 32.7 Å². The third-order valence-corrected chi connectivity index (χ3v) is 9.14. The van der Waals surface area contributed by atoms with E-state index < -0.39 is 15.9 Å². The number of nitrogens with one attached hydrogen (secondary N) is 1. The number of nitrogens with zero attached hydrogens (tertiary/aromatic N) is 2. The lowest BCUT2D eigenvalue weighted by molar-refractivity contribution is -0.131. The molecule has 1 saturated heterocycles. The zero-order chi connectivity index (χ0) is 24.5. The molecular formula is C24H30ClN3O4S. The van der Waals surface area contributed by atoms with E-state index in [1.165, 1.54) is 4.31 Å². The largest absolute Gasteiger partial charge is 0.343 e. The van der Waals surface area contributed by atoms with Crippen LogP contribution in [-0.2, 0) is 14.8 Å². The number of carbonyl (C=O) groups excluding carboxylic acids is 2. The molecule has 1 N–H and O–H groups in total. The Labute approximate surface area is 200 Å². The highest BCUT2D eigenvalue weighted by molar-refractivity contribution is 7.89. The molecule has 0 spiro atoms. The predicted molar refractivity (Wildman–Crippen MR) is 129 cm³/mol. The lowest BCUT2D eigenvalue weighted by atomic mass is 9.95. The van der Waals surface area contributed by atoms with Gasteiger partial charge in [0.15, 0.2) is 0 Å². The van der Waals surface area contributed by atoms with E-state index in [-0.39, 0.29) is 38.6 Å². The van der Waals surface area contributed by atoms with Crippen LogP contribution in [0.5, 0.6) is 0 Å². The summed E-state index contributed by atoms with van der Waals surface area (Å²) in [6, 6.07) is 6.62. The summed E-state index contributed by atoms with van der Waals surface area (Å²) in [7, 11) is -3.69. The number of carbonyl (C=O) groups is 2. The molecule has 1 aliphatic heterocycles. The normalized spacial score (nSPS) is 14.9. The quantitative estimate of drug-likeness (QED) is 0.696. The molecule has 33 heavy (non-hydrogen) atoms. The molecule has 0 aromatic heterocycles. The molecule has 0 saturated carbocycles. The van der Waals surface area contributed by atoms with Crippen molar-refractivity contribution in [3.63, 3.8) is 0 Å². The summed E-state index contributed by atoms with van der Waals surface area (Å²) in [6.45, 7) is 10.4. The van der Waals surface area contributed by atoms with Gasteiger partial charge in [-0.3, -0.25) is 9.59 Å². The lowest BCUT2D eigenvalue weighted by Gasteiger charge is -2.35. The van der Waals surface area contributed by atoms with E-state index in [0.29, 0.717) is 15.5 Å². The Bertz CT molecular complexity index is 1170. The number of piperazine rings is 1. The minimum absolute atomic E-state index is 0.175. The molecule has 0 bridgehead atoms. The minimum Gasteiger partial charge on any atom is -0.343 e. The first-order chi connectivity index (χ1) is 15.5. The van der Waals surface area contributed by atoms with Crippen LogP contribution >= 0.6 is 11.6 Å². The maximum atomic E-state index is 13.5. The number of rotatable bonds is 5. The molecule has 7 nitrogen and oxygen atoms in total. The van der Waals surface area contributed by atoms with E-state index in [0.717, 1.165) is 27.8 Å². The standard InChI is InChI=1S/C24H30ClN3O4S/c1-15-16(2)18(4)23(19(5)17(15)3)33(31,32)28-12-10-27(11-13-28)22(29)14-26-24(30)20-8-6-7-9-21(20)25/h6-9H,10-14H2,1-5H3,(H,26,30). The van der Waals surface area contributed by atoms with Crippen molar-refractivity contribution in [3.8, 4) is 0 Å². The van der Waals surface area contributed by atoms with Crippen LogP contribution in [0.4, 0.5) is 0 Å². The van der Waals surface area contributed by atoms with Crippen molar-refractivity contribution < 1.29 is 18.0 Å². The smallest absolute Gasteiger partial charge is 0.253 e. The van der Waals surface area contributed by atoms with Gasteiger partial charge in [0.1, 0.15) is 0 Å². The number of hydrogen-bond acceptors (Lipinski definition) is 4. The third-order valence-electron chi connectivity index (χ3n) is 6.64. The molecule has 2 aromatic rings. The molecular weight excluding hydrogens is 462 g/mol. The second-order valence-corrected chi connectivity index (χ2v) is 10.7. The maximum absolute atomic E-state index is 13.5. The second-order valence-electron chi connectivity index (χ2n) is 8.40. The Kier molecular flexibility index (Phi) is 7.51. The van der Waals surface area contributed by atoms with Crippen LogP contribution in [0.1, 0.15) is 38.2 Å². The molecule has 2 amide bonds. The topological polar surface area (TPSA) is 86.8 Å². The SMILES string of the molecule is Cc1c(C)c(C)c(S(=O)(=O)N2CCN(C(=O)CNC(=O)c3ccccc3Cl)CC2)c(C)c1C. The Morgan fingerprint density at radius 3 is 1.94 bits per heavy atom. The van der Waals surface area contributed by atoms with Crippen molar-refractivity contribution in [1.29, 1.82) is 0 Å². The zero-order valence-corrected chi connectivity index (χ0v) is 21.2. The van der Waals surface area contributed by atoms with E-state index in [9.17, 15) is 18.0 Å². The van der Waals surface area contributed by atoms with Gasteiger partial charge in [0, 0.05) is 26.2 Å². The van der Waals surface area contributed by atoms with Crippen LogP contribution in [0.15, 0.2) is 29.2 Å². The maximum Gasteiger partial charge on any atom is 0.253 e. The summed E-state index contributed by atoms with van der Waals surface area (Å²) in [6.07, 6.45) is 0. The van der Waals surface area contributed by atoms with Gasteiger partial charge in [-0.05, 0) is 74.6 Å². The van der Waals surface area contributed by atoms with Crippen LogP contribution < -0.4 is 5.32 Å². The molecule has 2 aromatic carbocycles. The molecule has 0 atom stereocenters. The van der Waals surface area contributed by atoms with E-state index in [2.05, 4.69) is 5.32 Å². The van der Waals surface area contributed by atoms with Crippen LogP contribution in [0.25, 0.3) is 0 Å². The zero-order valence-electron chi connectivity index (χ0n) is 19.7. The first-order valence-electron chi connectivity index (χ1n) is 10.8. The minimum atomic E-state index is -3.69. The summed E-state index contributed by atoms with van der Waals surface area (Å²) in [4.78, 5) is 26.8. The highest BCUT2D eigenvalue weighted by Gasteiger charge is 2.33. The Hall–Kier alpha value is -2.42. The molecule has 1 heterocycles. The monoisotopic (exact) mass is 491 g/mol. The molecule has 1 fully saturated rings. The van der Waals surface area contributed by atoms with E-state index >= 15 is 0 Å². The third kappa shape index (κ3) is 4.93. The molecule has 0 aliphatic carbocycles.